The average Bonchev–Trinajstić information content (AvgIpc) is 2.58. The number of nitrogen functional groups attached to an aromatic ring is 1. The van der Waals surface area contributed by atoms with Gasteiger partial charge in [0.25, 0.3) is 0 Å². The Labute approximate surface area is 125 Å². The third kappa shape index (κ3) is 3.69. The third-order valence-electron chi connectivity index (χ3n) is 3.93. The number of nitrogens with two attached hydrogens (primary N) is 1. The average molecular weight is 292 g/mol. The van der Waals surface area contributed by atoms with Crippen LogP contribution >= 0.6 is 11.8 Å². The molecule has 0 aromatic heterocycles. The smallest absolute Gasteiger partial charge is 0.229 e. The first-order valence-electron chi connectivity index (χ1n) is 7.17. The van der Waals surface area contributed by atoms with Gasteiger partial charge in [-0.3, -0.25) is 4.79 Å². The Morgan fingerprint density at radius 3 is 2.85 bits per heavy atom. The van der Waals surface area contributed by atoms with Crippen LogP contribution in [0.1, 0.15) is 38.7 Å². The van der Waals surface area contributed by atoms with Gasteiger partial charge in [-0.25, -0.2) is 0 Å². The lowest BCUT2D eigenvalue weighted by atomic mass is 9.98. The van der Waals surface area contributed by atoms with Crippen molar-refractivity contribution in [1.29, 1.82) is 0 Å². The Balaban J connectivity index is 2.07. The summed E-state index contributed by atoms with van der Waals surface area (Å²) >= 11 is 1.96. The number of nitrogens with zero attached hydrogens (tertiary/aromatic N) is 1. The summed E-state index contributed by atoms with van der Waals surface area (Å²) in [4.78, 5) is 14.7. The van der Waals surface area contributed by atoms with Gasteiger partial charge in [-0.15, -0.1) is 0 Å². The van der Waals surface area contributed by atoms with Crippen LogP contribution in [0.15, 0.2) is 24.3 Å². The van der Waals surface area contributed by atoms with Gasteiger partial charge in [0, 0.05) is 29.3 Å². The van der Waals surface area contributed by atoms with E-state index in [0.717, 1.165) is 36.5 Å². The van der Waals surface area contributed by atoms with Crippen molar-refractivity contribution in [3.63, 3.8) is 0 Å². The highest BCUT2D eigenvalue weighted by atomic mass is 32.2. The van der Waals surface area contributed by atoms with E-state index in [4.69, 9.17) is 5.73 Å². The van der Waals surface area contributed by atoms with Crippen molar-refractivity contribution in [2.45, 2.75) is 37.9 Å². The second kappa shape index (κ2) is 6.08. The molecule has 1 aliphatic rings. The molecule has 1 amide bonds. The summed E-state index contributed by atoms with van der Waals surface area (Å²) in [5.74, 6) is 1.11. The number of thioether (sulfide) groups is 1. The zero-order valence-corrected chi connectivity index (χ0v) is 13.4. The highest BCUT2D eigenvalue weighted by molar-refractivity contribution is 8.00. The fraction of sp³-hybridized carbons (Fsp3) is 0.562. The van der Waals surface area contributed by atoms with Crippen LogP contribution in [0.25, 0.3) is 0 Å². The van der Waals surface area contributed by atoms with Gasteiger partial charge in [0.2, 0.25) is 5.91 Å². The van der Waals surface area contributed by atoms with Gasteiger partial charge in [-0.1, -0.05) is 26.0 Å². The SMILES string of the molecule is CC(C(=O)N1CCSC(C)(C)CC1)c1cccc(N)c1. The van der Waals surface area contributed by atoms with Gasteiger partial charge in [-0.2, -0.15) is 11.8 Å². The molecule has 1 aromatic carbocycles. The molecule has 0 spiro atoms. The second-order valence-electron chi connectivity index (χ2n) is 6.08. The number of hydrogen-bond donors (Lipinski definition) is 1. The molecule has 2 rings (SSSR count). The number of benzene rings is 1. The molecule has 1 heterocycles. The Morgan fingerprint density at radius 1 is 1.40 bits per heavy atom. The zero-order valence-electron chi connectivity index (χ0n) is 12.6. The summed E-state index contributed by atoms with van der Waals surface area (Å²) in [5.41, 5.74) is 7.53. The predicted molar refractivity (Wildman–Crippen MR) is 87.0 cm³/mol. The minimum absolute atomic E-state index is 0.121. The van der Waals surface area contributed by atoms with E-state index >= 15 is 0 Å². The van der Waals surface area contributed by atoms with E-state index in [2.05, 4.69) is 13.8 Å². The quantitative estimate of drug-likeness (QED) is 0.852. The number of rotatable bonds is 2. The summed E-state index contributed by atoms with van der Waals surface area (Å²) in [6, 6.07) is 7.65. The number of carbonyl (C=O) groups excluding carboxylic acids is 1. The summed E-state index contributed by atoms with van der Waals surface area (Å²) in [5, 5.41) is 0. The molecule has 0 bridgehead atoms. The predicted octanol–water partition coefficient (Wildman–Crippen LogP) is 3.12. The third-order valence-corrected chi connectivity index (χ3v) is 5.30. The van der Waals surface area contributed by atoms with Crippen molar-refractivity contribution in [3.05, 3.63) is 29.8 Å². The number of amides is 1. The van der Waals surface area contributed by atoms with E-state index in [1.54, 1.807) is 0 Å². The van der Waals surface area contributed by atoms with Crippen LogP contribution in [0.5, 0.6) is 0 Å². The summed E-state index contributed by atoms with van der Waals surface area (Å²) in [6.07, 6.45) is 1.05. The second-order valence-corrected chi connectivity index (χ2v) is 7.88. The minimum atomic E-state index is -0.121. The molecule has 1 fully saturated rings. The van der Waals surface area contributed by atoms with Crippen LogP contribution in [-0.4, -0.2) is 34.4 Å². The maximum absolute atomic E-state index is 12.6. The molecular formula is C16H24N2OS. The summed E-state index contributed by atoms with van der Waals surface area (Å²) in [6.45, 7) is 8.19. The highest BCUT2D eigenvalue weighted by Gasteiger charge is 2.28. The normalized spacial score (nSPS) is 20.2. The number of carbonyl (C=O) groups is 1. The largest absolute Gasteiger partial charge is 0.399 e. The van der Waals surface area contributed by atoms with Crippen LogP contribution in [0, 0.1) is 0 Å². The number of anilines is 1. The summed E-state index contributed by atoms with van der Waals surface area (Å²) < 4.78 is 0.273. The molecule has 1 unspecified atom stereocenters. The van der Waals surface area contributed by atoms with Crippen molar-refractivity contribution < 1.29 is 4.79 Å². The molecule has 4 heteroatoms. The molecule has 1 saturated heterocycles. The van der Waals surface area contributed by atoms with Crippen molar-refractivity contribution >= 4 is 23.4 Å². The van der Waals surface area contributed by atoms with E-state index in [0.29, 0.717) is 0 Å². The fourth-order valence-electron chi connectivity index (χ4n) is 2.49. The molecule has 110 valence electrons. The Bertz CT molecular complexity index is 487. The van der Waals surface area contributed by atoms with Gasteiger partial charge in [0.15, 0.2) is 0 Å². The molecular weight excluding hydrogens is 268 g/mol. The van der Waals surface area contributed by atoms with Crippen LogP contribution in [-0.2, 0) is 4.79 Å². The Hall–Kier alpha value is -1.16. The van der Waals surface area contributed by atoms with Gasteiger partial charge >= 0.3 is 0 Å². The maximum Gasteiger partial charge on any atom is 0.229 e. The molecule has 2 N–H and O–H groups in total. The molecule has 1 aromatic rings. The van der Waals surface area contributed by atoms with Crippen LogP contribution in [0.3, 0.4) is 0 Å². The molecule has 3 nitrogen and oxygen atoms in total. The highest BCUT2D eigenvalue weighted by Crippen LogP contribution is 2.31. The van der Waals surface area contributed by atoms with Crippen molar-refractivity contribution in [1.82, 2.24) is 4.90 Å². The van der Waals surface area contributed by atoms with Gasteiger partial charge in [0.1, 0.15) is 0 Å². The monoisotopic (exact) mass is 292 g/mol. The minimum Gasteiger partial charge on any atom is -0.399 e. The first-order chi connectivity index (χ1) is 9.39. The summed E-state index contributed by atoms with van der Waals surface area (Å²) in [7, 11) is 0. The lowest BCUT2D eigenvalue weighted by molar-refractivity contribution is -0.132. The lowest BCUT2D eigenvalue weighted by Crippen LogP contribution is -2.36. The van der Waals surface area contributed by atoms with Crippen LogP contribution < -0.4 is 5.73 Å². The first kappa shape index (κ1) is 15.2. The Morgan fingerprint density at radius 2 is 2.15 bits per heavy atom. The van der Waals surface area contributed by atoms with E-state index in [1.807, 2.05) is 47.9 Å². The zero-order chi connectivity index (χ0) is 14.8. The number of hydrogen-bond acceptors (Lipinski definition) is 3. The fourth-order valence-corrected chi connectivity index (χ4v) is 3.59. The van der Waals surface area contributed by atoms with Crippen molar-refractivity contribution in [3.8, 4) is 0 Å². The molecule has 20 heavy (non-hydrogen) atoms. The van der Waals surface area contributed by atoms with Crippen LogP contribution in [0.4, 0.5) is 5.69 Å². The topological polar surface area (TPSA) is 46.3 Å². The molecule has 1 atom stereocenters. The van der Waals surface area contributed by atoms with Crippen molar-refractivity contribution in [2.24, 2.45) is 0 Å². The van der Waals surface area contributed by atoms with E-state index in [-0.39, 0.29) is 16.6 Å². The van der Waals surface area contributed by atoms with Crippen LogP contribution in [0.2, 0.25) is 0 Å². The van der Waals surface area contributed by atoms with Gasteiger partial charge < -0.3 is 10.6 Å². The van der Waals surface area contributed by atoms with Gasteiger partial charge in [-0.05, 0) is 31.0 Å². The lowest BCUT2D eigenvalue weighted by Gasteiger charge is -2.25. The standard InChI is InChI=1S/C16H24N2OS/c1-12(13-5-4-6-14(17)11-13)15(19)18-8-7-16(2,3)20-10-9-18/h4-6,11-12H,7-10,17H2,1-3H3. The first-order valence-corrected chi connectivity index (χ1v) is 8.16. The molecule has 0 aliphatic carbocycles. The molecule has 0 saturated carbocycles. The van der Waals surface area contributed by atoms with Crippen molar-refractivity contribution in [2.75, 3.05) is 24.6 Å². The Kier molecular flexibility index (Phi) is 4.63. The van der Waals surface area contributed by atoms with E-state index in [9.17, 15) is 4.79 Å². The maximum atomic E-state index is 12.6. The molecule has 0 radical (unpaired) electrons. The van der Waals surface area contributed by atoms with Gasteiger partial charge in [0.05, 0.1) is 5.92 Å². The van der Waals surface area contributed by atoms with E-state index in [1.165, 1.54) is 0 Å². The van der Waals surface area contributed by atoms with E-state index < -0.39 is 0 Å². The molecule has 1 aliphatic heterocycles.